The van der Waals surface area contributed by atoms with Crippen LogP contribution < -0.4 is 5.73 Å². The number of fused-ring (bicyclic) bond motifs is 1. The summed E-state index contributed by atoms with van der Waals surface area (Å²) in [6.45, 7) is 1.87. The van der Waals surface area contributed by atoms with Gasteiger partial charge in [0.25, 0.3) is 11.8 Å². The average Bonchev–Trinajstić information content (AvgIpc) is 2.90. The summed E-state index contributed by atoms with van der Waals surface area (Å²) < 4.78 is 1.73. The number of nitrogens with two attached hydrogens (primary N) is 1. The molecule has 1 aromatic carbocycles. The number of amides is 2. The van der Waals surface area contributed by atoms with E-state index in [4.69, 9.17) is 5.73 Å². The van der Waals surface area contributed by atoms with Gasteiger partial charge in [0.1, 0.15) is 0 Å². The summed E-state index contributed by atoms with van der Waals surface area (Å²) in [6.07, 6.45) is -0.275. The van der Waals surface area contributed by atoms with Crippen molar-refractivity contribution in [3.05, 3.63) is 35.4 Å². The average molecular weight is 309 g/mol. The number of carbonyl (C=O) groups excluding carboxylic acids is 2. The van der Waals surface area contributed by atoms with Crippen molar-refractivity contribution in [1.29, 1.82) is 0 Å². The van der Waals surface area contributed by atoms with Crippen molar-refractivity contribution in [3.63, 3.8) is 0 Å². The summed E-state index contributed by atoms with van der Waals surface area (Å²) in [6, 6.07) is 6.65. The van der Waals surface area contributed by atoms with E-state index < -0.39 is 0 Å². The Bertz CT molecular complexity index is 545. The maximum Gasteiger partial charge on any atom is 0.261 e. The summed E-state index contributed by atoms with van der Waals surface area (Å²) in [7, 11) is 0. The normalized spacial score (nSPS) is 28.1. The Labute approximate surface area is 127 Å². The lowest BCUT2D eigenvalue weighted by Gasteiger charge is -2.30. The highest BCUT2D eigenvalue weighted by molar-refractivity contribution is 8.00. The first-order chi connectivity index (χ1) is 9.52. The van der Waals surface area contributed by atoms with Crippen LogP contribution in [0.5, 0.6) is 0 Å². The molecule has 3 atom stereocenters. The Morgan fingerprint density at radius 2 is 1.85 bits per heavy atom. The third-order valence-electron chi connectivity index (χ3n) is 3.79. The van der Waals surface area contributed by atoms with Crippen LogP contribution in [0.2, 0.25) is 0 Å². The highest BCUT2D eigenvalue weighted by atomic mass is 32.2. The Hall–Kier alpha value is -1.02. The van der Waals surface area contributed by atoms with Gasteiger partial charge in [-0.3, -0.25) is 14.5 Å². The van der Waals surface area contributed by atoms with Gasteiger partial charge in [0.2, 0.25) is 0 Å². The van der Waals surface area contributed by atoms with Crippen molar-refractivity contribution < 1.29 is 9.59 Å². The van der Waals surface area contributed by atoms with Crippen LogP contribution in [0.3, 0.4) is 0 Å². The van der Waals surface area contributed by atoms with Crippen molar-refractivity contribution in [3.8, 4) is 0 Å². The van der Waals surface area contributed by atoms with Crippen LogP contribution >= 0.6 is 24.6 Å². The summed E-state index contributed by atoms with van der Waals surface area (Å²) in [5.74, 6) is 0.217. The van der Waals surface area contributed by atoms with Crippen LogP contribution in [0.4, 0.5) is 0 Å². The number of imide groups is 1. The molecule has 2 aliphatic heterocycles. The zero-order chi connectivity index (χ0) is 14.4. The number of hydrogen-bond donors (Lipinski definition) is 2. The van der Waals surface area contributed by atoms with Crippen LogP contribution in [-0.2, 0) is 0 Å². The first kappa shape index (κ1) is 13.9. The van der Waals surface area contributed by atoms with E-state index in [2.05, 4.69) is 12.8 Å². The third kappa shape index (κ3) is 1.96. The number of thiol groups is 1. The van der Waals surface area contributed by atoms with Crippen LogP contribution in [-0.4, -0.2) is 44.4 Å². The lowest BCUT2D eigenvalue weighted by molar-refractivity contribution is 0.0586. The monoisotopic (exact) mass is 309 g/mol. The summed E-state index contributed by atoms with van der Waals surface area (Å²) in [5, 5.41) is -0.0327. The molecule has 2 aliphatic rings. The largest absolute Gasteiger partial charge is 0.314 e. The van der Waals surface area contributed by atoms with Gasteiger partial charge in [-0.05, 0) is 19.1 Å². The molecule has 1 fully saturated rings. The van der Waals surface area contributed by atoms with Crippen LogP contribution in [0.25, 0.3) is 0 Å². The van der Waals surface area contributed by atoms with Crippen molar-refractivity contribution in [2.24, 2.45) is 5.73 Å². The molecule has 106 valence electrons. The van der Waals surface area contributed by atoms with E-state index in [0.29, 0.717) is 17.0 Å². The van der Waals surface area contributed by atoms with Crippen LogP contribution in [0.1, 0.15) is 27.6 Å². The van der Waals surface area contributed by atoms with Crippen LogP contribution in [0, 0.1) is 0 Å². The maximum absolute atomic E-state index is 12.4. The number of carbonyl (C=O) groups is 2. The molecule has 7 heteroatoms. The van der Waals surface area contributed by atoms with Crippen molar-refractivity contribution in [2.45, 2.75) is 24.4 Å². The lowest BCUT2D eigenvalue weighted by Crippen LogP contribution is -2.51. The minimum atomic E-state index is -0.275. The molecular formula is C13H15N3O2S2. The molecule has 3 unspecified atom stereocenters. The number of benzene rings is 1. The SMILES string of the molecule is CC(C1SCN(S)C1N)N1C(=O)c2ccccc2C1=O. The molecule has 1 aromatic rings. The van der Waals surface area contributed by atoms with E-state index in [1.807, 2.05) is 6.92 Å². The van der Waals surface area contributed by atoms with E-state index in [1.54, 1.807) is 40.3 Å². The van der Waals surface area contributed by atoms with Gasteiger partial charge in [0.05, 0.1) is 34.5 Å². The highest BCUT2D eigenvalue weighted by Gasteiger charge is 2.44. The molecule has 0 saturated carbocycles. The van der Waals surface area contributed by atoms with Gasteiger partial charge < -0.3 is 5.73 Å². The van der Waals surface area contributed by atoms with Crippen LogP contribution in [0.15, 0.2) is 24.3 Å². The molecule has 20 heavy (non-hydrogen) atoms. The van der Waals surface area contributed by atoms with E-state index in [0.717, 1.165) is 0 Å². The van der Waals surface area contributed by atoms with Gasteiger partial charge in [-0.25, -0.2) is 4.31 Å². The fraction of sp³-hybridized carbons (Fsp3) is 0.385. The Balaban J connectivity index is 1.89. The fourth-order valence-corrected chi connectivity index (χ4v) is 4.34. The first-order valence-corrected chi connectivity index (χ1v) is 7.77. The van der Waals surface area contributed by atoms with Crippen molar-refractivity contribution in [2.75, 3.05) is 5.88 Å². The fourth-order valence-electron chi connectivity index (χ4n) is 2.67. The predicted octanol–water partition coefficient (Wildman–Crippen LogP) is 1.18. The molecule has 1 saturated heterocycles. The Kier molecular flexibility index (Phi) is 3.53. The number of hydrogen-bond acceptors (Lipinski definition) is 6. The Morgan fingerprint density at radius 3 is 2.30 bits per heavy atom. The summed E-state index contributed by atoms with van der Waals surface area (Å²) in [5.41, 5.74) is 7.02. The van der Waals surface area contributed by atoms with Crippen molar-refractivity contribution >= 4 is 36.4 Å². The topological polar surface area (TPSA) is 66.6 Å². The van der Waals surface area contributed by atoms with E-state index in [-0.39, 0.29) is 29.3 Å². The zero-order valence-electron chi connectivity index (χ0n) is 10.9. The standard InChI is InChI=1S/C13H15N3O2S2/c1-7(10-11(14)15(19)6-20-10)16-12(17)8-4-2-3-5-9(8)13(16)18/h2-5,7,10-11,19H,6,14H2,1H3. The molecule has 0 aromatic heterocycles. The number of rotatable bonds is 2. The van der Waals surface area contributed by atoms with Gasteiger partial charge >= 0.3 is 0 Å². The molecule has 0 bridgehead atoms. The predicted molar refractivity (Wildman–Crippen MR) is 81.5 cm³/mol. The second-order valence-corrected chi connectivity index (χ2v) is 6.61. The van der Waals surface area contributed by atoms with Gasteiger partial charge in [-0.2, -0.15) is 0 Å². The first-order valence-electron chi connectivity index (χ1n) is 6.32. The quantitative estimate of drug-likeness (QED) is 0.634. The molecular weight excluding hydrogens is 294 g/mol. The van der Waals surface area contributed by atoms with Gasteiger partial charge in [0.15, 0.2) is 0 Å². The van der Waals surface area contributed by atoms with Gasteiger partial charge in [0, 0.05) is 0 Å². The molecule has 2 N–H and O–H groups in total. The number of nitrogens with zero attached hydrogens (tertiary/aromatic N) is 2. The lowest BCUT2D eigenvalue weighted by atomic mass is 10.1. The third-order valence-corrected chi connectivity index (χ3v) is 5.87. The molecule has 0 aliphatic carbocycles. The number of thioether (sulfide) groups is 1. The van der Waals surface area contributed by atoms with Crippen molar-refractivity contribution in [1.82, 2.24) is 9.21 Å². The molecule has 3 rings (SSSR count). The second-order valence-electron chi connectivity index (χ2n) is 4.96. The summed E-state index contributed by atoms with van der Waals surface area (Å²) >= 11 is 5.89. The van der Waals surface area contributed by atoms with E-state index in [1.165, 1.54) is 4.90 Å². The molecule has 2 heterocycles. The molecule has 0 radical (unpaired) electrons. The minimum absolute atomic E-state index is 0.0327. The summed E-state index contributed by atoms with van der Waals surface area (Å²) in [4.78, 5) is 26.2. The highest BCUT2D eigenvalue weighted by Crippen LogP contribution is 2.35. The Morgan fingerprint density at radius 1 is 1.30 bits per heavy atom. The van der Waals surface area contributed by atoms with E-state index >= 15 is 0 Å². The van der Waals surface area contributed by atoms with E-state index in [9.17, 15) is 9.59 Å². The zero-order valence-corrected chi connectivity index (χ0v) is 12.6. The maximum atomic E-state index is 12.4. The molecule has 5 nitrogen and oxygen atoms in total. The molecule has 2 amide bonds. The molecule has 0 spiro atoms. The second kappa shape index (κ2) is 5.07. The van der Waals surface area contributed by atoms with Gasteiger partial charge in [-0.15, -0.1) is 11.8 Å². The minimum Gasteiger partial charge on any atom is -0.314 e. The smallest absolute Gasteiger partial charge is 0.261 e. The van der Waals surface area contributed by atoms with Gasteiger partial charge in [-0.1, -0.05) is 24.9 Å².